The lowest BCUT2D eigenvalue weighted by atomic mass is 9.70. The predicted molar refractivity (Wildman–Crippen MR) is 118 cm³/mol. The topological polar surface area (TPSA) is 27.6 Å². The van der Waals surface area contributed by atoms with Gasteiger partial charge in [-0.25, -0.2) is 4.99 Å². The van der Waals surface area contributed by atoms with Crippen molar-refractivity contribution in [3.05, 3.63) is 34.3 Å². The van der Waals surface area contributed by atoms with Crippen molar-refractivity contribution in [2.45, 2.75) is 51.8 Å². The van der Waals surface area contributed by atoms with Crippen molar-refractivity contribution in [1.82, 2.24) is 10.2 Å². The molecule has 1 saturated carbocycles. The molecule has 0 aromatic heterocycles. The molecule has 0 amide bonds. The Kier molecular flexibility index (Phi) is 7.86. The second kappa shape index (κ2) is 9.25. The van der Waals surface area contributed by atoms with Crippen molar-refractivity contribution in [3.8, 4) is 0 Å². The van der Waals surface area contributed by atoms with Crippen molar-refractivity contribution < 1.29 is 0 Å². The van der Waals surface area contributed by atoms with Crippen LogP contribution in [0.1, 0.15) is 45.6 Å². The highest BCUT2D eigenvalue weighted by Crippen LogP contribution is 2.40. The van der Waals surface area contributed by atoms with Gasteiger partial charge in [0.25, 0.3) is 0 Å². The minimum atomic E-state index is 0. The zero-order valence-corrected chi connectivity index (χ0v) is 19.4. The molecule has 0 saturated heterocycles. The fourth-order valence-electron chi connectivity index (χ4n) is 4.08. The summed E-state index contributed by atoms with van der Waals surface area (Å²) in [6.45, 7) is 8.99. The van der Waals surface area contributed by atoms with Crippen LogP contribution < -0.4 is 5.32 Å². The number of hydrogen-bond acceptors (Lipinski definition) is 4. The number of aliphatic imine (C=N–C) groups is 1. The lowest BCUT2D eigenvalue weighted by Gasteiger charge is -2.44. The first-order chi connectivity index (χ1) is 11.4. The van der Waals surface area contributed by atoms with Crippen LogP contribution in [0.4, 0.5) is 0 Å². The van der Waals surface area contributed by atoms with Crippen molar-refractivity contribution in [2.24, 2.45) is 16.3 Å². The highest BCUT2D eigenvalue weighted by atomic mass is 79.9. The van der Waals surface area contributed by atoms with E-state index in [1.165, 1.54) is 24.8 Å². The SMILES string of the molecule is Br.CC1CC(N2CN=C(SCc3ccc(Br)cc3)NC2)CC(C)(C)C1. The number of benzene rings is 1. The molecule has 1 N–H and O–H groups in total. The number of halogens is 2. The number of nitrogens with zero attached hydrogens (tertiary/aromatic N) is 2. The van der Waals surface area contributed by atoms with Gasteiger partial charge in [0.15, 0.2) is 5.17 Å². The lowest BCUT2D eigenvalue weighted by molar-refractivity contribution is 0.0642. The van der Waals surface area contributed by atoms with Crippen LogP contribution in [0.5, 0.6) is 0 Å². The van der Waals surface area contributed by atoms with Crippen molar-refractivity contribution >= 4 is 49.8 Å². The number of nitrogens with one attached hydrogen (secondary N) is 1. The molecule has 6 heteroatoms. The second-order valence-corrected chi connectivity index (χ2v) is 9.89. The van der Waals surface area contributed by atoms with Crippen LogP contribution in [-0.4, -0.2) is 29.4 Å². The van der Waals surface area contributed by atoms with E-state index in [1.807, 2.05) is 0 Å². The third-order valence-corrected chi connectivity index (χ3v) is 6.55. The van der Waals surface area contributed by atoms with Crippen LogP contribution >= 0.6 is 44.7 Å². The van der Waals surface area contributed by atoms with E-state index in [9.17, 15) is 0 Å². The van der Waals surface area contributed by atoms with Gasteiger partial charge in [0.2, 0.25) is 0 Å². The van der Waals surface area contributed by atoms with Gasteiger partial charge in [0.1, 0.15) is 0 Å². The molecule has 1 aliphatic carbocycles. The zero-order chi connectivity index (χ0) is 17.2. The summed E-state index contributed by atoms with van der Waals surface area (Å²) in [6.07, 6.45) is 3.94. The third kappa shape index (κ3) is 6.26. The molecule has 1 fully saturated rings. The van der Waals surface area contributed by atoms with Crippen LogP contribution in [0.3, 0.4) is 0 Å². The number of thioether (sulfide) groups is 1. The number of hydrogen-bond donors (Lipinski definition) is 1. The number of rotatable bonds is 3. The average Bonchev–Trinajstić information content (AvgIpc) is 2.53. The van der Waals surface area contributed by atoms with E-state index < -0.39 is 0 Å². The highest BCUT2D eigenvalue weighted by molar-refractivity contribution is 9.10. The third-order valence-electron chi connectivity index (χ3n) is 5.00. The zero-order valence-electron chi connectivity index (χ0n) is 15.3. The Hall–Kier alpha value is -0.0400. The van der Waals surface area contributed by atoms with Crippen LogP contribution in [0, 0.1) is 11.3 Å². The van der Waals surface area contributed by atoms with E-state index in [4.69, 9.17) is 4.99 Å². The molecule has 0 bridgehead atoms. The largest absolute Gasteiger partial charge is 0.352 e. The minimum Gasteiger partial charge on any atom is -0.352 e. The maximum atomic E-state index is 4.78. The van der Waals surface area contributed by atoms with Crippen molar-refractivity contribution in [3.63, 3.8) is 0 Å². The average molecular weight is 491 g/mol. The van der Waals surface area contributed by atoms with Gasteiger partial charge in [-0.15, -0.1) is 17.0 Å². The Labute approximate surface area is 175 Å². The van der Waals surface area contributed by atoms with Crippen molar-refractivity contribution in [2.75, 3.05) is 13.3 Å². The van der Waals surface area contributed by atoms with Gasteiger partial charge in [-0.3, -0.25) is 4.90 Å². The lowest BCUT2D eigenvalue weighted by Crippen LogP contribution is -2.50. The Morgan fingerprint density at radius 1 is 1.28 bits per heavy atom. The number of amidine groups is 1. The smallest absolute Gasteiger partial charge is 0.159 e. The molecule has 25 heavy (non-hydrogen) atoms. The summed E-state index contributed by atoms with van der Waals surface area (Å²) in [5.74, 6) is 1.78. The fraction of sp³-hybridized carbons (Fsp3) is 0.632. The summed E-state index contributed by atoms with van der Waals surface area (Å²) >= 11 is 5.28. The molecule has 2 aliphatic rings. The maximum Gasteiger partial charge on any atom is 0.159 e. The predicted octanol–water partition coefficient (Wildman–Crippen LogP) is 5.65. The normalized spacial score (nSPS) is 26.3. The molecule has 3 nitrogen and oxygen atoms in total. The standard InChI is InChI=1S/C19H28BrN3S.BrH/c1-14-8-17(10-19(2,3)9-14)23-12-21-18(22-13-23)24-11-15-4-6-16(20)7-5-15;/h4-7,14,17H,8-13H2,1-3H3,(H,21,22);1H. The van der Waals surface area contributed by atoms with Gasteiger partial charge in [-0.2, -0.15) is 0 Å². The van der Waals surface area contributed by atoms with Gasteiger partial charge in [0.05, 0.1) is 13.3 Å². The van der Waals surface area contributed by atoms with Crippen LogP contribution in [0.25, 0.3) is 0 Å². The Morgan fingerprint density at radius 3 is 2.60 bits per heavy atom. The molecule has 1 aliphatic heterocycles. The molecule has 1 heterocycles. The summed E-state index contributed by atoms with van der Waals surface area (Å²) < 4.78 is 1.13. The second-order valence-electron chi connectivity index (χ2n) is 8.01. The first kappa shape index (κ1) is 21.3. The van der Waals surface area contributed by atoms with E-state index in [2.05, 4.69) is 71.2 Å². The van der Waals surface area contributed by atoms with Gasteiger partial charge in [-0.1, -0.05) is 60.6 Å². The Balaban J connectivity index is 0.00000225. The highest BCUT2D eigenvalue weighted by Gasteiger charge is 2.35. The molecule has 1 aromatic carbocycles. The first-order valence-corrected chi connectivity index (χ1v) is 10.6. The van der Waals surface area contributed by atoms with E-state index in [0.717, 1.165) is 34.6 Å². The summed E-state index contributed by atoms with van der Waals surface area (Å²) in [7, 11) is 0. The van der Waals surface area contributed by atoms with Crippen LogP contribution in [0.2, 0.25) is 0 Å². The molecular formula is C19H29Br2N3S. The molecule has 2 atom stereocenters. The molecule has 1 aromatic rings. The van der Waals surface area contributed by atoms with Gasteiger partial charge in [-0.05, 0) is 48.3 Å². The fourth-order valence-corrected chi connectivity index (χ4v) is 5.15. The van der Waals surface area contributed by atoms with Gasteiger partial charge < -0.3 is 5.32 Å². The molecule has 2 unspecified atom stereocenters. The van der Waals surface area contributed by atoms with Crippen molar-refractivity contribution in [1.29, 1.82) is 0 Å². The summed E-state index contributed by atoms with van der Waals surface area (Å²) in [5, 5.41) is 4.60. The summed E-state index contributed by atoms with van der Waals surface area (Å²) in [4.78, 5) is 7.29. The molecule has 0 spiro atoms. The Morgan fingerprint density at radius 2 is 2.00 bits per heavy atom. The minimum absolute atomic E-state index is 0. The van der Waals surface area contributed by atoms with E-state index in [0.29, 0.717) is 11.5 Å². The Bertz CT molecular complexity index is 589. The van der Waals surface area contributed by atoms with E-state index in [1.54, 1.807) is 11.8 Å². The first-order valence-electron chi connectivity index (χ1n) is 8.81. The monoisotopic (exact) mass is 489 g/mol. The van der Waals surface area contributed by atoms with E-state index in [-0.39, 0.29) is 17.0 Å². The van der Waals surface area contributed by atoms with Gasteiger partial charge in [0, 0.05) is 16.3 Å². The van der Waals surface area contributed by atoms with Crippen LogP contribution in [-0.2, 0) is 5.75 Å². The molecular weight excluding hydrogens is 462 g/mol. The van der Waals surface area contributed by atoms with E-state index >= 15 is 0 Å². The summed E-state index contributed by atoms with van der Waals surface area (Å²) in [5.41, 5.74) is 1.79. The molecule has 0 radical (unpaired) electrons. The summed E-state index contributed by atoms with van der Waals surface area (Å²) in [6, 6.07) is 9.19. The maximum absolute atomic E-state index is 4.78. The molecule has 140 valence electrons. The quantitative estimate of drug-likeness (QED) is 0.593. The molecule has 3 rings (SSSR count). The van der Waals surface area contributed by atoms with Crippen LogP contribution in [0.15, 0.2) is 33.7 Å². The van der Waals surface area contributed by atoms with Gasteiger partial charge >= 0.3 is 0 Å².